The molecule has 8 heteroatoms. The number of aromatic nitrogens is 1. The van der Waals surface area contributed by atoms with Crippen LogP contribution in [0.5, 0.6) is 5.75 Å². The Balaban J connectivity index is 0.00000341. The molecule has 1 aliphatic rings. The van der Waals surface area contributed by atoms with Crippen molar-refractivity contribution in [3.8, 4) is 22.4 Å². The third-order valence-corrected chi connectivity index (χ3v) is 6.29. The molecule has 1 aromatic carbocycles. The number of nitrogens with one attached hydrogen (secondary N) is 1. The van der Waals surface area contributed by atoms with Gasteiger partial charge in [0, 0.05) is 18.7 Å². The molecule has 2 aromatic rings. The van der Waals surface area contributed by atoms with Gasteiger partial charge in [-0.1, -0.05) is 20.3 Å². The Morgan fingerprint density at radius 1 is 1.32 bits per heavy atom. The van der Waals surface area contributed by atoms with Crippen molar-refractivity contribution in [3.05, 3.63) is 34.3 Å². The Bertz CT molecular complexity index is 917. The number of rotatable bonds is 8. The summed E-state index contributed by atoms with van der Waals surface area (Å²) in [5.74, 6) is 0.887. The standard InChI is InChI=1S/C23H30N4O2S.ClH/c1-16(2)15-29-20-8-7-18(13-19(20)14-24)23-26-17(3)21(30-23)22(28)25-9-12-27-10-5-4-6-11-27;/h7-8,13,16H,4-6,9-12,15H2,1-3H3,(H,25,28);1H. The van der Waals surface area contributed by atoms with Gasteiger partial charge in [0.05, 0.1) is 17.9 Å². The molecular weight excluding hydrogens is 432 g/mol. The lowest BCUT2D eigenvalue weighted by Gasteiger charge is -2.26. The van der Waals surface area contributed by atoms with E-state index in [1.165, 1.54) is 30.6 Å². The highest BCUT2D eigenvalue weighted by molar-refractivity contribution is 7.17. The van der Waals surface area contributed by atoms with E-state index in [-0.39, 0.29) is 18.3 Å². The average molecular weight is 463 g/mol. The molecule has 3 rings (SSSR count). The number of benzene rings is 1. The van der Waals surface area contributed by atoms with Gasteiger partial charge in [-0.15, -0.1) is 23.7 Å². The minimum atomic E-state index is -0.0781. The van der Waals surface area contributed by atoms with Gasteiger partial charge in [-0.25, -0.2) is 4.98 Å². The second-order valence-corrected chi connectivity index (χ2v) is 9.12. The van der Waals surface area contributed by atoms with E-state index in [0.717, 1.165) is 30.2 Å². The molecule has 0 atom stereocenters. The van der Waals surface area contributed by atoms with Crippen LogP contribution in [0.25, 0.3) is 10.6 Å². The molecule has 1 fully saturated rings. The number of aryl methyl sites for hydroxylation is 1. The Kier molecular flexibility index (Phi) is 9.76. The predicted molar refractivity (Wildman–Crippen MR) is 127 cm³/mol. The lowest BCUT2D eigenvalue weighted by Crippen LogP contribution is -2.37. The number of ether oxygens (including phenoxy) is 1. The van der Waals surface area contributed by atoms with Crippen LogP contribution in [0.1, 0.15) is 54.0 Å². The highest BCUT2D eigenvalue weighted by atomic mass is 35.5. The van der Waals surface area contributed by atoms with Crippen molar-refractivity contribution in [1.29, 1.82) is 5.26 Å². The van der Waals surface area contributed by atoms with E-state index in [9.17, 15) is 10.1 Å². The van der Waals surface area contributed by atoms with Gasteiger partial charge < -0.3 is 15.0 Å². The molecule has 0 aliphatic carbocycles. The van der Waals surface area contributed by atoms with Gasteiger partial charge in [0.15, 0.2) is 0 Å². The Morgan fingerprint density at radius 3 is 2.74 bits per heavy atom. The van der Waals surface area contributed by atoms with Crippen molar-refractivity contribution in [2.45, 2.75) is 40.0 Å². The third-order valence-electron chi connectivity index (χ3n) is 5.08. The Hall–Kier alpha value is -2.14. The topological polar surface area (TPSA) is 78.2 Å². The summed E-state index contributed by atoms with van der Waals surface area (Å²) in [6.45, 7) is 10.3. The van der Waals surface area contributed by atoms with Crippen LogP contribution in [-0.4, -0.2) is 48.6 Å². The van der Waals surface area contributed by atoms with Crippen LogP contribution in [0.4, 0.5) is 0 Å². The number of piperidine rings is 1. The van der Waals surface area contributed by atoms with Gasteiger partial charge in [-0.2, -0.15) is 5.26 Å². The molecule has 6 nitrogen and oxygen atoms in total. The van der Waals surface area contributed by atoms with E-state index in [1.54, 1.807) is 6.07 Å². The molecule has 168 valence electrons. The van der Waals surface area contributed by atoms with Crippen LogP contribution in [0.15, 0.2) is 18.2 Å². The summed E-state index contributed by atoms with van der Waals surface area (Å²) in [6.07, 6.45) is 3.80. The molecule has 0 radical (unpaired) electrons. The van der Waals surface area contributed by atoms with Crippen LogP contribution in [-0.2, 0) is 0 Å². The molecule has 1 aliphatic heterocycles. The summed E-state index contributed by atoms with van der Waals surface area (Å²) in [5.41, 5.74) is 2.02. The number of hydrogen-bond donors (Lipinski definition) is 1. The highest BCUT2D eigenvalue weighted by Gasteiger charge is 2.18. The van der Waals surface area contributed by atoms with Gasteiger partial charge in [-0.3, -0.25) is 4.79 Å². The highest BCUT2D eigenvalue weighted by Crippen LogP contribution is 2.31. The number of carbonyl (C=O) groups is 1. The lowest BCUT2D eigenvalue weighted by atomic mass is 10.1. The Labute approximate surface area is 195 Å². The third kappa shape index (κ3) is 6.93. The molecule has 2 heterocycles. The second kappa shape index (κ2) is 12.0. The first kappa shape index (κ1) is 25.1. The number of nitriles is 1. The fraction of sp³-hybridized carbons (Fsp3) is 0.522. The van der Waals surface area contributed by atoms with Crippen molar-refractivity contribution in [1.82, 2.24) is 15.2 Å². The minimum absolute atomic E-state index is 0. The summed E-state index contributed by atoms with van der Waals surface area (Å²) < 4.78 is 5.73. The molecule has 31 heavy (non-hydrogen) atoms. The SMILES string of the molecule is Cc1nc(-c2ccc(OCC(C)C)c(C#N)c2)sc1C(=O)NCCN1CCCCC1.Cl. The van der Waals surface area contributed by atoms with Crippen molar-refractivity contribution < 1.29 is 9.53 Å². The molecule has 0 unspecified atom stereocenters. The van der Waals surface area contributed by atoms with Gasteiger partial charge in [-0.05, 0) is 57.0 Å². The molecule has 0 spiro atoms. The maximum Gasteiger partial charge on any atom is 0.263 e. The summed E-state index contributed by atoms with van der Waals surface area (Å²) in [4.78, 5) is 20.3. The van der Waals surface area contributed by atoms with E-state index in [0.29, 0.717) is 41.0 Å². The summed E-state index contributed by atoms with van der Waals surface area (Å²) in [7, 11) is 0. The number of likely N-dealkylation sites (tertiary alicyclic amines) is 1. The fourth-order valence-electron chi connectivity index (χ4n) is 3.45. The van der Waals surface area contributed by atoms with Crippen LogP contribution in [0.3, 0.4) is 0 Å². The molecule has 0 bridgehead atoms. The zero-order valence-electron chi connectivity index (χ0n) is 18.4. The smallest absolute Gasteiger partial charge is 0.263 e. The van der Waals surface area contributed by atoms with Crippen LogP contribution in [0.2, 0.25) is 0 Å². The fourth-order valence-corrected chi connectivity index (χ4v) is 4.43. The molecule has 1 amide bonds. The van der Waals surface area contributed by atoms with E-state index in [2.05, 4.69) is 35.1 Å². The predicted octanol–water partition coefficient (Wildman–Crippen LogP) is 4.66. The molecule has 1 N–H and O–H groups in total. The number of hydrogen-bond acceptors (Lipinski definition) is 6. The van der Waals surface area contributed by atoms with E-state index in [4.69, 9.17) is 4.74 Å². The quantitative estimate of drug-likeness (QED) is 0.617. The van der Waals surface area contributed by atoms with Crippen LogP contribution < -0.4 is 10.1 Å². The van der Waals surface area contributed by atoms with E-state index >= 15 is 0 Å². The first-order valence-electron chi connectivity index (χ1n) is 10.6. The maximum atomic E-state index is 12.6. The van der Waals surface area contributed by atoms with Crippen molar-refractivity contribution >= 4 is 29.7 Å². The number of halogens is 1. The number of amides is 1. The Morgan fingerprint density at radius 2 is 2.06 bits per heavy atom. The van der Waals surface area contributed by atoms with Crippen molar-refractivity contribution in [3.63, 3.8) is 0 Å². The lowest BCUT2D eigenvalue weighted by molar-refractivity contribution is 0.0950. The molecule has 1 saturated heterocycles. The number of nitrogens with zero attached hydrogens (tertiary/aromatic N) is 3. The van der Waals surface area contributed by atoms with Gasteiger partial charge >= 0.3 is 0 Å². The normalized spacial score (nSPS) is 14.0. The zero-order valence-corrected chi connectivity index (χ0v) is 20.1. The van der Waals surface area contributed by atoms with E-state index < -0.39 is 0 Å². The van der Waals surface area contributed by atoms with Crippen molar-refractivity contribution in [2.75, 3.05) is 32.8 Å². The van der Waals surface area contributed by atoms with Gasteiger partial charge in [0.2, 0.25) is 0 Å². The zero-order chi connectivity index (χ0) is 21.5. The largest absolute Gasteiger partial charge is 0.492 e. The second-order valence-electron chi connectivity index (χ2n) is 8.12. The number of carbonyl (C=O) groups excluding carboxylic acids is 1. The summed E-state index contributed by atoms with van der Waals surface area (Å²) in [5, 5.41) is 13.3. The first-order chi connectivity index (χ1) is 14.5. The minimum Gasteiger partial charge on any atom is -0.492 e. The summed E-state index contributed by atoms with van der Waals surface area (Å²) >= 11 is 1.36. The molecule has 0 saturated carbocycles. The number of thiazole rings is 1. The van der Waals surface area contributed by atoms with Crippen LogP contribution >= 0.6 is 23.7 Å². The van der Waals surface area contributed by atoms with Gasteiger partial charge in [0.1, 0.15) is 21.7 Å². The van der Waals surface area contributed by atoms with Crippen molar-refractivity contribution in [2.24, 2.45) is 5.92 Å². The van der Waals surface area contributed by atoms with Crippen LogP contribution in [0, 0.1) is 24.2 Å². The maximum absolute atomic E-state index is 12.6. The average Bonchev–Trinajstić information content (AvgIpc) is 3.14. The molecular formula is C23H31ClN4O2S. The monoisotopic (exact) mass is 462 g/mol. The molecule has 1 aromatic heterocycles. The summed E-state index contributed by atoms with van der Waals surface area (Å²) in [6, 6.07) is 7.69. The van der Waals surface area contributed by atoms with Gasteiger partial charge in [0.25, 0.3) is 5.91 Å². The van der Waals surface area contributed by atoms with E-state index in [1.807, 2.05) is 19.1 Å². The first-order valence-corrected chi connectivity index (χ1v) is 11.4.